The molecule has 0 aliphatic heterocycles. The number of nitrogens with zero attached hydrogens (tertiary/aromatic N) is 1. The van der Waals surface area contributed by atoms with Crippen LogP contribution in [0.15, 0.2) is 24.3 Å². The number of hydrogen-bond acceptors (Lipinski definition) is 2. The van der Waals surface area contributed by atoms with Gasteiger partial charge in [-0.2, -0.15) is 0 Å². The monoisotopic (exact) mass is 297 g/mol. The van der Waals surface area contributed by atoms with E-state index < -0.39 is 6.10 Å². The third-order valence-corrected chi connectivity index (χ3v) is 3.43. The lowest BCUT2D eigenvalue weighted by molar-refractivity contribution is 0.131. The van der Waals surface area contributed by atoms with Crippen LogP contribution in [0.5, 0.6) is 0 Å². The van der Waals surface area contributed by atoms with E-state index in [0.29, 0.717) is 16.9 Å². The topological polar surface area (TPSA) is 23.5 Å². The second-order valence-corrected chi connectivity index (χ2v) is 6.84. The minimum absolute atomic E-state index is 0.435. The molecular formula is C17H28ClNO. The average Bonchev–Trinajstić information content (AvgIpc) is 2.34. The van der Waals surface area contributed by atoms with Crippen LogP contribution in [0.4, 0.5) is 0 Å². The lowest BCUT2D eigenvalue weighted by atomic mass is 10.1. The van der Waals surface area contributed by atoms with Gasteiger partial charge in [-0.15, -0.1) is 0 Å². The van der Waals surface area contributed by atoms with Gasteiger partial charge >= 0.3 is 0 Å². The molecule has 0 bridgehead atoms. The van der Waals surface area contributed by atoms with Crippen LogP contribution in [-0.2, 0) is 0 Å². The van der Waals surface area contributed by atoms with Crippen molar-refractivity contribution in [1.82, 2.24) is 4.90 Å². The van der Waals surface area contributed by atoms with Gasteiger partial charge in [0, 0.05) is 24.7 Å². The molecule has 1 atom stereocenters. The van der Waals surface area contributed by atoms with Crippen LogP contribution >= 0.6 is 11.6 Å². The van der Waals surface area contributed by atoms with E-state index in [0.717, 1.165) is 31.6 Å². The number of aliphatic hydroxyl groups is 1. The summed E-state index contributed by atoms with van der Waals surface area (Å²) in [5.74, 6) is 1.30. The molecule has 0 fully saturated rings. The van der Waals surface area contributed by atoms with Crippen molar-refractivity contribution in [3.05, 3.63) is 34.9 Å². The lowest BCUT2D eigenvalue weighted by Crippen LogP contribution is -2.33. The van der Waals surface area contributed by atoms with Crippen molar-refractivity contribution >= 4 is 11.6 Å². The summed E-state index contributed by atoms with van der Waals surface area (Å²) in [7, 11) is 0. The molecule has 0 aromatic heterocycles. The molecule has 0 saturated heterocycles. The summed E-state index contributed by atoms with van der Waals surface area (Å²) in [6.07, 6.45) is 0.315. The summed E-state index contributed by atoms with van der Waals surface area (Å²) < 4.78 is 0. The van der Waals surface area contributed by atoms with Gasteiger partial charge in [-0.1, -0.05) is 51.4 Å². The van der Waals surface area contributed by atoms with E-state index in [2.05, 4.69) is 32.6 Å². The van der Waals surface area contributed by atoms with Crippen molar-refractivity contribution in [2.24, 2.45) is 11.8 Å². The molecule has 1 rings (SSSR count). The molecule has 0 saturated carbocycles. The summed E-state index contributed by atoms with van der Waals surface area (Å²) in [4.78, 5) is 2.45. The minimum Gasteiger partial charge on any atom is -0.388 e. The van der Waals surface area contributed by atoms with Crippen molar-refractivity contribution in [3.8, 4) is 0 Å². The smallest absolute Gasteiger partial charge is 0.0802 e. The number of halogens is 1. The minimum atomic E-state index is -0.435. The first-order chi connectivity index (χ1) is 9.38. The zero-order chi connectivity index (χ0) is 15.1. The van der Waals surface area contributed by atoms with Gasteiger partial charge in [0.1, 0.15) is 0 Å². The Labute approximate surface area is 128 Å². The first-order valence-electron chi connectivity index (χ1n) is 7.54. The Bertz CT molecular complexity index is 382. The molecule has 0 aliphatic rings. The molecule has 0 spiro atoms. The summed E-state index contributed by atoms with van der Waals surface area (Å²) in [5.41, 5.74) is 0.909. The van der Waals surface area contributed by atoms with Crippen molar-refractivity contribution < 1.29 is 5.11 Å². The van der Waals surface area contributed by atoms with E-state index in [4.69, 9.17) is 11.6 Å². The van der Waals surface area contributed by atoms with Gasteiger partial charge in [0.05, 0.1) is 6.10 Å². The van der Waals surface area contributed by atoms with E-state index in [1.54, 1.807) is 0 Å². The Balaban J connectivity index is 2.53. The normalized spacial score (nSPS) is 13.4. The predicted molar refractivity (Wildman–Crippen MR) is 87.1 cm³/mol. The lowest BCUT2D eigenvalue weighted by Gasteiger charge is -2.27. The first kappa shape index (κ1) is 17.5. The number of rotatable bonds is 8. The average molecular weight is 298 g/mol. The second kappa shape index (κ2) is 8.66. The molecule has 114 valence electrons. The zero-order valence-electron chi connectivity index (χ0n) is 13.1. The van der Waals surface area contributed by atoms with E-state index in [1.807, 2.05) is 24.3 Å². The molecule has 2 nitrogen and oxygen atoms in total. The van der Waals surface area contributed by atoms with Crippen LogP contribution < -0.4 is 0 Å². The van der Waals surface area contributed by atoms with Crippen LogP contribution in [0.2, 0.25) is 5.02 Å². The van der Waals surface area contributed by atoms with Gasteiger partial charge in [-0.05, 0) is 36.0 Å². The molecule has 0 heterocycles. The fraction of sp³-hybridized carbons (Fsp3) is 0.647. The summed E-state index contributed by atoms with van der Waals surface area (Å²) in [6, 6.07) is 7.51. The highest BCUT2D eigenvalue weighted by Crippen LogP contribution is 2.21. The van der Waals surface area contributed by atoms with Crippen molar-refractivity contribution in [3.63, 3.8) is 0 Å². The molecule has 20 heavy (non-hydrogen) atoms. The Hall–Kier alpha value is -0.570. The molecular weight excluding hydrogens is 270 g/mol. The van der Waals surface area contributed by atoms with Crippen molar-refractivity contribution in [2.75, 3.05) is 19.6 Å². The van der Waals surface area contributed by atoms with E-state index in [9.17, 15) is 5.11 Å². The van der Waals surface area contributed by atoms with Crippen LogP contribution in [0.3, 0.4) is 0 Å². The quantitative estimate of drug-likeness (QED) is 0.770. The predicted octanol–water partition coefficient (Wildman–Crippen LogP) is 4.38. The maximum Gasteiger partial charge on any atom is 0.0802 e. The molecule has 0 amide bonds. The van der Waals surface area contributed by atoms with Gasteiger partial charge in [0.2, 0.25) is 0 Å². The number of benzene rings is 1. The van der Waals surface area contributed by atoms with Crippen LogP contribution in [-0.4, -0.2) is 29.6 Å². The Morgan fingerprint density at radius 3 is 2.20 bits per heavy atom. The number of aliphatic hydroxyl groups excluding tert-OH is 1. The molecule has 3 heteroatoms. The van der Waals surface area contributed by atoms with Gasteiger partial charge in [0.25, 0.3) is 0 Å². The second-order valence-electron chi connectivity index (χ2n) is 6.41. The molecule has 0 aliphatic carbocycles. The Morgan fingerprint density at radius 2 is 1.70 bits per heavy atom. The van der Waals surface area contributed by atoms with Crippen molar-refractivity contribution in [1.29, 1.82) is 0 Å². The van der Waals surface area contributed by atoms with E-state index >= 15 is 0 Å². The fourth-order valence-electron chi connectivity index (χ4n) is 2.48. The number of hydrogen-bond donors (Lipinski definition) is 1. The maximum absolute atomic E-state index is 10.3. The van der Waals surface area contributed by atoms with Crippen LogP contribution in [0.1, 0.15) is 45.8 Å². The maximum atomic E-state index is 10.3. The highest BCUT2D eigenvalue weighted by atomic mass is 35.5. The Morgan fingerprint density at radius 1 is 1.10 bits per heavy atom. The fourth-order valence-corrected chi connectivity index (χ4v) is 2.67. The van der Waals surface area contributed by atoms with Gasteiger partial charge in [-0.3, -0.25) is 0 Å². The van der Waals surface area contributed by atoms with Gasteiger partial charge in [0.15, 0.2) is 0 Å². The highest BCUT2D eigenvalue weighted by molar-refractivity contribution is 6.30. The molecule has 1 unspecified atom stereocenters. The molecule has 0 radical (unpaired) electrons. The van der Waals surface area contributed by atoms with E-state index in [1.165, 1.54) is 0 Å². The third-order valence-electron chi connectivity index (χ3n) is 3.20. The summed E-state index contributed by atoms with van der Waals surface area (Å²) in [5, 5.41) is 11.0. The highest BCUT2D eigenvalue weighted by Gasteiger charge is 2.13. The van der Waals surface area contributed by atoms with Gasteiger partial charge < -0.3 is 10.0 Å². The summed E-state index contributed by atoms with van der Waals surface area (Å²) in [6.45, 7) is 12.0. The van der Waals surface area contributed by atoms with Crippen molar-refractivity contribution in [2.45, 2.75) is 40.2 Å². The molecule has 1 aromatic rings. The van der Waals surface area contributed by atoms with Crippen LogP contribution in [0.25, 0.3) is 0 Å². The Kier molecular flexibility index (Phi) is 7.57. The molecule has 1 N–H and O–H groups in total. The zero-order valence-corrected chi connectivity index (χ0v) is 13.9. The standard InChI is InChI=1S/C17H28ClNO/c1-13(2)11-19(12-14(3)4)9-8-17(20)15-6-5-7-16(18)10-15/h5-7,10,13-14,17,20H,8-9,11-12H2,1-4H3. The molecule has 1 aromatic carbocycles. The van der Waals surface area contributed by atoms with Crippen LogP contribution in [0, 0.1) is 11.8 Å². The largest absolute Gasteiger partial charge is 0.388 e. The first-order valence-corrected chi connectivity index (χ1v) is 7.92. The van der Waals surface area contributed by atoms with Gasteiger partial charge in [-0.25, -0.2) is 0 Å². The third kappa shape index (κ3) is 6.74. The SMILES string of the molecule is CC(C)CN(CCC(O)c1cccc(Cl)c1)CC(C)C. The summed E-state index contributed by atoms with van der Waals surface area (Å²) >= 11 is 5.97. The van der Waals surface area contributed by atoms with E-state index in [-0.39, 0.29) is 0 Å².